The average molecular weight is 272 g/mol. The van der Waals surface area contributed by atoms with Gasteiger partial charge in [-0.3, -0.25) is 9.59 Å². The molecule has 1 aliphatic heterocycles. The predicted octanol–water partition coefficient (Wildman–Crippen LogP) is -0.353. The molecule has 2 aliphatic rings. The molecule has 0 bridgehead atoms. The van der Waals surface area contributed by atoms with E-state index in [-0.39, 0.29) is 13.2 Å². The molecule has 0 aromatic rings. The van der Waals surface area contributed by atoms with E-state index >= 15 is 0 Å². The zero-order valence-electron chi connectivity index (χ0n) is 11.0. The molecule has 1 unspecified atom stereocenters. The summed E-state index contributed by atoms with van der Waals surface area (Å²) in [6.07, 6.45) is 2.16. The molecule has 0 N–H and O–H groups in total. The number of methoxy groups -OCH3 is 3. The second-order valence-corrected chi connectivity index (χ2v) is 4.17. The fourth-order valence-electron chi connectivity index (χ4n) is 2.62. The Morgan fingerprint density at radius 1 is 1.11 bits per heavy atom. The van der Waals surface area contributed by atoms with Crippen molar-refractivity contribution < 1.29 is 33.3 Å². The van der Waals surface area contributed by atoms with Crippen LogP contribution in [0.5, 0.6) is 0 Å². The molecule has 7 heteroatoms. The molecule has 2 rings (SSSR count). The highest BCUT2D eigenvalue weighted by atomic mass is 16.7. The van der Waals surface area contributed by atoms with Crippen LogP contribution in [0.3, 0.4) is 0 Å². The molecule has 1 aliphatic carbocycles. The molecular formula is C12H16O7. The van der Waals surface area contributed by atoms with Crippen molar-refractivity contribution in [2.75, 3.05) is 34.5 Å². The first-order chi connectivity index (χ1) is 9.09. The van der Waals surface area contributed by atoms with Gasteiger partial charge in [0, 0.05) is 7.11 Å². The fraction of sp³-hybridized carbons (Fsp3) is 0.667. The Balaban J connectivity index is 2.58. The van der Waals surface area contributed by atoms with Crippen LogP contribution in [0, 0.1) is 5.41 Å². The zero-order valence-corrected chi connectivity index (χ0v) is 11.0. The molecule has 19 heavy (non-hydrogen) atoms. The largest absolute Gasteiger partial charge is 0.468 e. The summed E-state index contributed by atoms with van der Waals surface area (Å²) in [5.41, 5.74) is -1.85. The van der Waals surface area contributed by atoms with Gasteiger partial charge in [-0.2, -0.15) is 0 Å². The molecule has 0 radical (unpaired) electrons. The molecule has 106 valence electrons. The molecule has 1 heterocycles. The lowest BCUT2D eigenvalue weighted by molar-refractivity contribution is -0.236. The van der Waals surface area contributed by atoms with Crippen molar-refractivity contribution in [3.8, 4) is 0 Å². The summed E-state index contributed by atoms with van der Waals surface area (Å²) in [7, 11) is 3.74. The Hall–Kier alpha value is -1.44. The Labute approximate surface area is 110 Å². The summed E-state index contributed by atoms with van der Waals surface area (Å²) < 4.78 is 25.7. The number of hydrogen-bond donors (Lipinski definition) is 0. The van der Waals surface area contributed by atoms with Gasteiger partial charge < -0.3 is 23.7 Å². The van der Waals surface area contributed by atoms with Gasteiger partial charge in [-0.15, -0.1) is 0 Å². The highest BCUT2D eigenvalue weighted by Crippen LogP contribution is 2.50. The molecule has 0 amide bonds. The van der Waals surface area contributed by atoms with E-state index in [0.29, 0.717) is 0 Å². The van der Waals surface area contributed by atoms with Crippen LogP contribution in [0.2, 0.25) is 0 Å². The van der Waals surface area contributed by atoms with E-state index < -0.39 is 29.2 Å². The summed E-state index contributed by atoms with van der Waals surface area (Å²) in [5, 5.41) is 0. The highest BCUT2D eigenvalue weighted by Gasteiger charge is 2.73. The van der Waals surface area contributed by atoms with Gasteiger partial charge in [0.25, 0.3) is 5.41 Å². The zero-order chi connectivity index (χ0) is 14.1. The van der Waals surface area contributed by atoms with Crippen LogP contribution in [0.25, 0.3) is 0 Å². The van der Waals surface area contributed by atoms with Gasteiger partial charge in [-0.25, -0.2) is 0 Å². The molecule has 1 spiro atoms. The molecule has 0 aromatic carbocycles. The molecule has 0 saturated carbocycles. The number of esters is 2. The number of carbonyl (C=O) groups is 2. The minimum Gasteiger partial charge on any atom is -0.468 e. The molecule has 0 aromatic heterocycles. The average Bonchev–Trinajstić information content (AvgIpc) is 3.04. The van der Waals surface area contributed by atoms with Crippen LogP contribution < -0.4 is 0 Å². The van der Waals surface area contributed by atoms with Gasteiger partial charge in [0.1, 0.15) is 6.10 Å². The van der Waals surface area contributed by atoms with Crippen molar-refractivity contribution in [3.63, 3.8) is 0 Å². The Morgan fingerprint density at radius 3 is 2.05 bits per heavy atom. The van der Waals surface area contributed by atoms with Gasteiger partial charge in [-0.1, -0.05) is 6.08 Å². The summed E-state index contributed by atoms with van der Waals surface area (Å²) in [6, 6.07) is 0. The van der Waals surface area contributed by atoms with Crippen LogP contribution in [-0.4, -0.2) is 58.4 Å². The van der Waals surface area contributed by atoms with Gasteiger partial charge in [0.2, 0.25) is 5.79 Å². The first kappa shape index (κ1) is 14.0. The van der Waals surface area contributed by atoms with Crippen molar-refractivity contribution in [1.82, 2.24) is 0 Å². The Kier molecular flexibility index (Phi) is 3.62. The number of rotatable bonds is 3. The van der Waals surface area contributed by atoms with E-state index in [9.17, 15) is 9.59 Å². The monoisotopic (exact) mass is 272 g/mol. The van der Waals surface area contributed by atoms with Crippen molar-refractivity contribution in [1.29, 1.82) is 0 Å². The van der Waals surface area contributed by atoms with Crippen molar-refractivity contribution in [2.45, 2.75) is 11.9 Å². The van der Waals surface area contributed by atoms with Crippen molar-refractivity contribution in [2.24, 2.45) is 5.41 Å². The Bertz CT molecular complexity index is 392. The minimum absolute atomic E-state index is 0.260. The van der Waals surface area contributed by atoms with Crippen LogP contribution >= 0.6 is 0 Å². The first-order valence-corrected chi connectivity index (χ1v) is 5.76. The lowest BCUT2D eigenvalue weighted by atomic mass is 9.78. The van der Waals surface area contributed by atoms with Crippen LogP contribution in [0.1, 0.15) is 0 Å². The van der Waals surface area contributed by atoms with E-state index in [4.69, 9.17) is 23.7 Å². The van der Waals surface area contributed by atoms with Gasteiger partial charge in [0.05, 0.1) is 27.4 Å². The Morgan fingerprint density at radius 2 is 1.63 bits per heavy atom. The second-order valence-electron chi connectivity index (χ2n) is 4.17. The topological polar surface area (TPSA) is 80.3 Å². The van der Waals surface area contributed by atoms with Gasteiger partial charge in [-0.05, 0) is 6.08 Å². The maximum atomic E-state index is 12.3. The molecular weight excluding hydrogens is 256 g/mol. The lowest BCUT2D eigenvalue weighted by Gasteiger charge is -2.38. The van der Waals surface area contributed by atoms with Gasteiger partial charge >= 0.3 is 11.9 Å². The summed E-state index contributed by atoms with van der Waals surface area (Å²) in [5.74, 6) is -3.18. The molecule has 1 fully saturated rings. The van der Waals surface area contributed by atoms with Crippen molar-refractivity contribution in [3.05, 3.63) is 12.2 Å². The van der Waals surface area contributed by atoms with E-state index in [0.717, 1.165) is 0 Å². The third-order valence-electron chi connectivity index (χ3n) is 3.45. The smallest absolute Gasteiger partial charge is 0.332 e. The van der Waals surface area contributed by atoms with E-state index in [1.807, 2.05) is 0 Å². The normalized spacial score (nSPS) is 26.6. The second kappa shape index (κ2) is 4.92. The minimum atomic E-state index is -1.85. The van der Waals surface area contributed by atoms with Crippen LogP contribution in [0.4, 0.5) is 0 Å². The standard InChI is InChI=1S/C12H16O7/c1-15-8-4-5-11(18-6-7-19-11)12(8,9(13)16-2)10(14)17-3/h4-5,8H,6-7H2,1-3H3. The molecule has 1 atom stereocenters. The maximum absolute atomic E-state index is 12.3. The quantitative estimate of drug-likeness (QED) is 0.394. The van der Waals surface area contributed by atoms with Crippen LogP contribution in [0.15, 0.2) is 12.2 Å². The summed E-state index contributed by atoms with van der Waals surface area (Å²) in [4.78, 5) is 24.5. The summed E-state index contributed by atoms with van der Waals surface area (Å²) in [6.45, 7) is 0.521. The fourth-order valence-corrected chi connectivity index (χ4v) is 2.62. The van der Waals surface area contributed by atoms with E-state index in [1.165, 1.54) is 27.4 Å². The molecule has 1 saturated heterocycles. The number of carbonyl (C=O) groups excluding carboxylic acids is 2. The third kappa shape index (κ3) is 1.62. The lowest BCUT2D eigenvalue weighted by Crippen LogP contribution is -2.62. The first-order valence-electron chi connectivity index (χ1n) is 5.76. The SMILES string of the molecule is COC(=O)C1(C(=O)OC)C(OC)C=CC12OCCO2. The number of hydrogen-bond acceptors (Lipinski definition) is 7. The predicted molar refractivity (Wildman–Crippen MR) is 61.0 cm³/mol. The maximum Gasteiger partial charge on any atom is 0.332 e. The van der Waals surface area contributed by atoms with E-state index in [1.54, 1.807) is 6.08 Å². The highest BCUT2D eigenvalue weighted by molar-refractivity contribution is 6.03. The van der Waals surface area contributed by atoms with E-state index in [2.05, 4.69) is 0 Å². The van der Waals surface area contributed by atoms with Gasteiger partial charge in [0.15, 0.2) is 0 Å². The molecule has 7 nitrogen and oxygen atoms in total. The van der Waals surface area contributed by atoms with Crippen LogP contribution in [-0.2, 0) is 33.3 Å². The third-order valence-corrected chi connectivity index (χ3v) is 3.45. The number of ether oxygens (including phenoxy) is 5. The van der Waals surface area contributed by atoms with Crippen molar-refractivity contribution >= 4 is 11.9 Å². The summed E-state index contributed by atoms with van der Waals surface area (Å²) >= 11 is 0.